The molecule has 0 fully saturated rings. The van der Waals surface area contributed by atoms with Crippen molar-refractivity contribution in [3.05, 3.63) is 107 Å². The molecule has 0 aromatic heterocycles. The Hall–Kier alpha value is -1.64. The summed E-state index contributed by atoms with van der Waals surface area (Å²) in [5, 5.41) is 2.52. The zero-order chi connectivity index (χ0) is 18.7. The molecule has 0 aliphatic heterocycles. The van der Waals surface area contributed by atoms with Gasteiger partial charge in [0, 0.05) is 0 Å². The van der Waals surface area contributed by atoms with Crippen LogP contribution in [-0.4, -0.2) is 0 Å². The standard InChI is InChI=1S/C16H13.C9H12N.2ClH.Ti/c1-12-15-9-5-4-8-14(15)10-11-16(12)13-6-2-3-7-13;1-6-4-7(2)9(10)8(3)5-6;;;/h2-6,8-11H,1,7H2;4-5,10H,1-3H3;2*1H;/q2*-1;;;+2/p-2. The maximum Gasteiger partial charge on any atom is 2.00 e. The molecule has 3 aromatic rings. The summed E-state index contributed by atoms with van der Waals surface area (Å²) in [6.07, 6.45) is 7.51. The van der Waals surface area contributed by atoms with Crippen LogP contribution in [0.1, 0.15) is 34.2 Å². The van der Waals surface area contributed by atoms with E-state index >= 15 is 0 Å². The zero-order valence-corrected chi connectivity index (χ0v) is 20.1. The minimum absolute atomic E-state index is 0. The summed E-state index contributed by atoms with van der Waals surface area (Å²) in [7, 11) is 0. The molecule has 29 heavy (non-hydrogen) atoms. The van der Waals surface area contributed by atoms with E-state index in [0.717, 1.165) is 23.1 Å². The molecule has 150 valence electrons. The van der Waals surface area contributed by atoms with Crippen molar-refractivity contribution in [3.63, 3.8) is 0 Å². The Morgan fingerprint density at radius 1 is 0.897 bits per heavy atom. The minimum atomic E-state index is 0. The van der Waals surface area contributed by atoms with Crippen LogP contribution in [-0.2, 0) is 21.7 Å². The molecule has 3 aromatic carbocycles. The third kappa shape index (κ3) is 6.42. The van der Waals surface area contributed by atoms with Crippen molar-refractivity contribution in [2.24, 2.45) is 0 Å². The van der Waals surface area contributed by atoms with Gasteiger partial charge in [0.2, 0.25) is 0 Å². The Morgan fingerprint density at radius 3 is 2.10 bits per heavy atom. The van der Waals surface area contributed by atoms with Crippen LogP contribution in [0.5, 0.6) is 0 Å². The molecule has 0 heterocycles. The summed E-state index contributed by atoms with van der Waals surface area (Å²) in [5.41, 5.74) is 15.4. The van der Waals surface area contributed by atoms with Crippen LogP contribution in [0, 0.1) is 27.7 Å². The van der Waals surface area contributed by atoms with E-state index in [0.29, 0.717) is 5.69 Å². The van der Waals surface area contributed by atoms with Crippen molar-refractivity contribution in [1.29, 1.82) is 0 Å². The van der Waals surface area contributed by atoms with E-state index < -0.39 is 0 Å². The van der Waals surface area contributed by atoms with Crippen molar-refractivity contribution < 1.29 is 46.5 Å². The van der Waals surface area contributed by atoms with Gasteiger partial charge in [-0.25, -0.2) is 0 Å². The number of nitrogens with one attached hydrogen (secondary N) is 1. The van der Waals surface area contributed by atoms with E-state index in [1.54, 1.807) is 0 Å². The van der Waals surface area contributed by atoms with E-state index in [9.17, 15) is 0 Å². The van der Waals surface area contributed by atoms with E-state index in [2.05, 4.69) is 68.5 Å². The summed E-state index contributed by atoms with van der Waals surface area (Å²) in [6, 6.07) is 16.9. The first-order chi connectivity index (χ1) is 12.5. The number of halogens is 2. The van der Waals surface area contributed by atoms with Crippen LogP contribution in [0.3, 0.4) is 0 Å². The van der Waals surface area contributed by atoms with Gasteiger partial charge < -0.3 is 30.5 Å². The SMILES string of the molecule is Cc1cc(C)c([NH-])c(C)c1.[CH2-]c1c(C2=CC=CC2)ccc2ccccc12.[Cl-].[Cl-].[Ti+2]. The van der Waals surface area contributed by atoms with Crippen molar-refractivity contribution >= 4 is 22.0 Å². The number of allylic oxidation sites excluding steroid dienone is 4. The Kier molecular flexibility index (Phi) is 11.5. The van der Waals surface area contributed by atoms with Gasteiger partial charge in [-0.15, -0.1) is 28.8 Å². The van der Waals surface area contributed by atoms with Crippen LogP contribution in [0.4, 0.5) is 5.69 Å². The molecule has 0 radical (unpaired) electrons. The minimum Gasteiger partial charge on any atom is -1.00 e. The number of hydrogen-bond donors (Lipinski definition) is 0. The third-order valence-electron chi connectivity index (χ3n) is 4.83. The monoisotopic (exact) mass is 457 g/mol. The molecule has 0 spiro atoms. The fraction of sp³-hybridized carbons (Fsp3) is 0.160. The van der Waals surface area contributed by atoms with E-state index in [-0.39, 0.29) is 46.5 Å². The Bertz CT molecular complexity index is 1000. The summed E-state index contributed by atoms with van der Waals surface area (Å²) in [6.45, 7) is 10.2. The predicted octanol–water partition coefficient (Wildman–Crippen LogP) is 1.67. The van der Waals surface area contributed by atoms with Gasteiger partial charge in [0.25, 0.3) is 0 Å². The van der Waals surface area contributed by atoms with Crippen LogP contribution in [0.15, 0.2) is 66.8 Å². The molecule has 1 nitrogen and oxygen atoms in total. The van der Waals surface area contributed by atoms with Crippen molar-refractivity contribution in [3.8, 4) is 0 Å². The molecule has 0 amide bonds. The van der Waals surface area contributed by atoms with Gasteiger partial charge in [0.1, 0.15) is 0 Å². The molecular formula is C25H25Cl2NTi-2. The van der Waals surface area contributed by atoms with Gasteiger partial charge in [-0.3, -0.25) is 0 Å². The summed E-state index contributed by atoms with van der Waals surface area (Å²) >= 11 is 0. The van der Waals surface area contributed by atoms with Crippen LogP contribution < -0.4 is 24.8 Å². The van der Waals surface area contributed by atoms with Gasteiger partial charge in [-0.1, -0.05) is 82.3 Å². The number of fused-ring (bicyclic) bond motifs is 1. The normalized spacial score (nSPS) is 11.3. The number of benzene rings is 3. The van der Waals surface area contributed by atoms with E-state index in [1.807, 2.05) is 26.0 Å². The molecule has 4 rings (SSSR count). The van der Waals surface area contributed by atoms with Gasteiger partial charge >= 0.3 is 21.7 Å². The van der Waals surface area contributed by atoms with Crippen molar-refractivity contribution in [1.82, 2.24) is 0 Å². The fourth-order valence-corrected chi connectivity index (χ4v) is 3.46. The molecule has 4 heteroatoms. The van der Waals surface area contributed by atoms with Gasteiger partial charge in [0.15, 0.2) is 0 Å². The molecule has 0 saturated carbocycles. The van der Waals surface area contributed by atoms with Crippen LogP contribution in [0.2, 0.25) is 0 Å². The quantitative estimate of drug-likeness (QED) is 0.392. The molecule has 1 aliphatic carbocycles. The Balaban J connectivity index is 0.000000535. The Morgan fingerprint density at radius 2 is 1.52 bits per heavy atom. The van der Waals surface area contributed by atoms with E-state index in [1.165, 1.54) is 27.5 Å². The van der Waals surface area contributed by atoms with Gasteiger partial charge in [-0.05, 0) is 27.2 Å². The predicted molar refractivity (Wildman–Crippen MR) is 115 cm³/mol. The summed E-state index contributed by atoms with van der Waals surface area (Å²) in [5.74, 6) is 0. The summed E-state index contributed by atoms with van der Waals surface area (Å²) in [4.78, 5) is 0. The van der Waals surface area contributed by atoms with Gasteiger partial charge in [0.05, 0.1) is 0 Å². The van der Waals surface area contributed by atoms with Gasteiger partial charge in [-0.2, -0.15) is 12.5 Å². The van der Waals surface area contributed by atoms with Crippen molar-refractivity contribution in [2.75, 3.05) is 0 Å². The molecule has 0 saturated heterocycles. The first-order valence-corrected chi connectivity index (χ1v) is 8.96. The zero-order valence-electron chi connectivity index (χ0n) is 17.0. The summed E-state index contributed by atoms with van der Waals surface area (Å²) < 4.78 is 0. The Labute approximate surface area is 202 Å². The molecule has 1 aliphatic rings. The number of hydrogen-bond acceptors (Lipinski definition) is 0. The van der Waals surface area contributed by atoms with Crippen molar-refractivity contribution in [2.45, 2.75) is 27.2 Å². The average molecular weight is 458 g/mol. The van der Waals surface area contributed by atoms with Crippen LogP contribution in [0.25, 0.3) is 22.1 Å². The number of rotatable bonds is 1. The maximum absolute atomic E-state index is 7.54. The molecule has 0 bridgehead atoms. The molecule has 0 unspecified atom stereocenters. The topological polar surface area (TPSA) is 23.8 Å². The number of aryl methyl sites for hydroxylation is 3. The second kappa shape index (κ2) is 12.1. The van der Waals surface area contributed by atoms with Crippen LogP contribution >= 0.6 is 0 Å². The molecule has 1 N–H and O–H groups in total. The largest absolute Gasteiger partial charge is 2.00 e. The second-order valence-corrected chi connectivity index (χ2v) is 6.91. The fourth-order valence-electron chi connectivity index (χ4n) is 3.46. The first kappa shape index (κ1) is 27.4. The maximum atomic E-state index is 7.54. The first-order valence-electron chi connectivity index (χ1n) is 8.96. The average Bonchev–Trinajstić information content (AvgIpc) is 3.15. The van der Waals surface area contributed by atoms with E-state index in [4.69, 9.17) is 5.73 Å². The smallest absolute Gasteiger partial charge is 1.00 e. The second-order valence-electron chi connectivity index (χ2n) is 6.91. The molecular weight excluding hydrogens is 433 g/mol. The molecule has 0 atom stereocenters. The third-order valence-corrected chi connectivity index (χ3v) is 4.83.